The largest absolute Gasteiger partial charge is 0.341 e. The molecule has 0 aliphatic heterocycles. The number of rotatable bonds is 1. The highest BCUT2D eigenvalue weighted by Gasteiger charge is 2.22. The van der Waals surface area contributed by atoms with E-state index in [1.54, 1.807) is 6.20 Å². The van der Waals surface area contributed by atoms with Crippen molar-refractivity contribution in [1.82, 2.24) is 24.6 Å². The van der Waals surface area contributed by atoms with E-state index in [0.29, 0.717) is 5.92 Å². The molecule has 1 aliphatic rings. The Morgan fingerprint density at radius 3 is 3.21 bits per heavy atom. The van der Waals surface area contributed by atoms with Gasteiger partial charge < -0.3 is 4.98 Å². The van der Waals surface area contributed by atoms with Crippen molar-refractivity contribution in [3.8, 4) is 11.4 Å². The van der Waals surface area contributed by atoms with Crippen LogP contribution in [0.3, 0.4) is 0 Å². The van der Waals surface area contributed by atoms with E-state index in [1.165, 1.54) is 24.2 Å². The molecular weight excluding hydrogens is 238 g/mol. The molecule has 0 fully saturated rings. The minimum Gasteiger partial charge on any atom is -0.341 e. The van der Waals surface area contributed by atoms with Gasteiger partial charge in [-0.15, -0.1) is 0 Å². The minimum atomic E-state index is 0.550. The van der Waals surface area contributed by atoms with Gasteiger partial charge in [0.1, 0.15) is 5.82 Å². The summed E-state index contributed by atoms with van der Waals surface area (Å²) in [5, 5.41) is 4.34. The maximum absolute atomic E-state index is 4.79. The van der Waals surface area contributed by atoms with Crippen molar-refractivity contribution in [3.63, 3.8) is 0 Å². The van der Waals surface area contributed by atoms with Gasteiger partial charge >= 0.3 is 0 Å². The summed E-state index contributed by atoms with van der Waals surface area (Å²) in [5.41, 5.74) is 4.53. The number of aromatic nitrogens is 5. The van der Waals surface area contributed by atoms with Crippen molar-refractivity contribution in [3.05, 3.63) is 36.2 Å². The fourth-order valence-electron chi connectivity index (χ4n) is 2.89. The molecule has 5 nitrogen and oxygen atoms in total. The maximum Gasteiger partial charge on any atom is 0.141 e. The number of aromatic amines is 1. The Morgan fingerprint density at radius 1 is 1.37 bits per heavy atom. The second kappa shape index (κ2) is 3.91. The predicted molar refractivity (Wildman–Crippen MR) is 71.9 cm³/mol. The smallest absolute Gasteiger partial charge is 0.141 e. The van der Waals surface area contributed by atoms with E-state index in [2.05, 4.69) is 22.0 Å². The average molecular weight is 253 g/mol. The highest BCUT2D eigenvalue weighted by molar-refractivity contribution is 5.75. The molecule has 1 atom stereocenters. The minimum absolute atomic E-state index is 0.550. The van der Waals surface area contributed by atoms with E-state index >= 15 is 0 Å². The summed E-state index contributed by atoms with van der Waals surface area (Å²) in [5.74, 6) is 1.47. The van der Waals surface area contributed by atoms with Crippen LogP contribution in [-0.4, -0.2) is 24.6 Å². The molecule has 3 heterocycles. The summed E-state index contributed by atoms with van der Waals surface area (Å²) in [4.78, 5) is 12.4. The zero-order valence-corrected chi connectivity index (χ0v) is 10.8. The first-order valence-electron chi connectivity index (χ1n) is 6.69. The lowest BCUT2D eigenvalue weighted by atomic mass is 9.92. The molecule has 0 saturated heterocycles. The van der Waals surface area contributed by atoms with E-state index in [0.717, 1.165) is 23.3 Å². The van der Waals surface area contributed by atoms with Gasteiger partial charge in [-0.3, -0.25) is 4.98 Å². The number of hydrogen-bond donors (Lipinski definition) is 1. The van der Waals surface area contributed by atoms with Crippen molar-refractivity contribution in [2.45, 2.75) is 32.1 Å². The average Bonchev–Trinajstić information content (AvgIpc) is 3.02. The number of H-pyrrole nitrogens is 1. The van der Waals surface area contributed by atoms with Gasteiger partial charge in [0.25, 0.3) is 0 Å². The number of hydrogen-bond acceptors (Lipinski definition) is 3. The molecular formula is C14H15N5. The molecule has 1 N–H and O–H groups in total. The van der Waals surface area contributed by atoms with Crippen LogP contribution in [0.4, 0.5) is 0 Å². The van der Waals surface area contributed by atoms with Crippen LogP contribution in [-0.2, 0) is 6.42 Å². The quantitative estimate of drug-likeness (QED) is 0.725. The van der Waals surface area contributed by atoms with Gasteiger partial charge in [-0.2, -0.15) is 5.10 Å². The van der Waals surface area contributed by atoms with Crippen molar-refractivity contribution >= 4 is 5.52 Å². The molecule has 0 radical (unpaired) electrons. The van der Waals surface area contributed by atoms with E-state index < -0.39 is 0 Å². The third-order valence-corrected chi connectivity index (χ3v) is 3.92. The molecule has 0 bridgehead atoms. The molecule has 3 aromatic rings. The highest BCUT2D eigenvalue weighted by atomic mass is 15.2. The fourth-order valence-corrected chi connectivity index (χ4v) is 2.89. The molecule has 19 heavy (non-hydrogen) atoms. The third-order valence-electron chi connectivity index (χ3n) is 3.92. The second-order valence-electron chi connectivity index (χ2n) is 5.21. The number of nitrogens with zero attached hydrogens (tertiary/aromatic N) is 4. The van der Waals surface area contributed by atoms with E-state index in [1.807, 2.05) is 23.1 Å². The number of aryl methyl sites for hydroxylation is 1. The topological polar surface area (TPSA) is 58.9 Å². The normalized spacial score (nSPS) is 18.7. The Balaban J connectivity index is 1.89. The van der Waals surface area contributed by atoms with Gasteiger partial charge in [0.15, 0.2) is 0 Å². The number of nitrogens with one attached hydrogen (secondary N) is 1. The number of imidazole rings is 1. The summed E-state index contributed by atoms with van der Waals surface area (Å²) in [7, 11) is 0. The van der Waals surface area contributed by atoms with Crippen molar-refractivity contribution in [2.24, 2.45) is 0 Å². The molecule has 1 unspecified atom stereocenters. The molecule has 5 heteroatoms. The summed E-state index contributed by atoms with van der Waals surface area (Å²) in [6.07, 6.45) is 10.8. The number of fused-ring (bicyclic) bond motifs is 2. The van der Waals surface area contributed by atoms with Crippen LogP contribution >= 0.6 is 0 Å². The van der Waals surface area contributed by atoms with Gasteiger partial charge in [0.2, 0.25) is 0 Å². The van der Waals surface area contributed by atoms with E-state index in [-0.39, 0.29) is 0 Å². The van der Waals surface area contributed by atoms with Gasteiger partial charge in [0.05, 0.1) is 29.2 Å². The summed E-state index contributed by atoms with van der Waals surface area (Å²) in [6.45, 7) is 2.25. The summed E-state index contributed by atoms with van der Waals surface area (Å²) < 4.78 is 1.83. The monoisotopic (exact) mass is 253 g/mol. The maximum atomic E-state index is 4.79. The van der Waals surface area contributed by atoms with Crippen LogP contribution in [0, 0.1) is 0 Å². The highest BCUT2D eigenvalue weighted by Crippen LogP contribution is 2.32. The SMILES string of the molecule is CC1CCCc2[nH]c(-c3cnn4ccncc34)nc21. The van der Waals surface area contributed by atoms with Crippen LogP contribution in [0.25, 0.3) is 16.9 Å². The van der Waals surface area contributed by atoms with Crippen molar-refractivity contribution in [1.29, 1.82) is 0 Å². The lowest BCUT2D eigenvalue weighted by molar-refractivity contribution is 0.574. The van der Waals surface area contributed by atoms with Crippen LogP contribution in [0.2, 0.25) is 0 Å². The third kappa shape index (κ3) is 1.58. The van der Waals surface area contributed by atoms with Crippen LogP contribution in [0.5, 0.6) is 0 Å². The van der Waals surface area contributed by atoms with Gasteiger partial charge in [-0.05, 0) is 19.3 Å². The summed E-state index contributed by atoms with van der Waals surface area (Å²) in [6, 6.07) is 0. The standard InChI is InChI=1S/C14H15N5/c1-9-3-2-4-11-13(9)18-14(17-11)10-7-16-19-6-5-15-8-12(10)19/h5-9H,2-4H2,1H3,(H,17,18). The van der Waals surface area contributed by atoms with Gasteiger partial charge in [-0.1, -0.05) is 6.92 Å². The Morgan fingerprint density at radius 2 is 2.32 bits per heavy atom. The first-order chi connectivity index (χ1) is 9.33. The zero-order valence-electron chi connectivity index (χ0n) is 10.8. The molecule has 0 amide bonds. The fraction of sp³-hybridized carbons (Fsp3) is 0.357. The lowest BCUT2D eigenvalue weighted by Gasteiger charge is -2.15. The van der Waals surface area contributed by atoms with Crippen LogP contribution < -0.4 is 0 Å². The van der Waals surface area contributed by atoms with E-state index in [4.69, 9.17) is 4.98 Å². The van der Waals surface area contributed by atoms with Gasteiger partial charge in [-0.25, -0.2) is 9.50 Å². The zero-order chi connectivity index (χ0) is 12.8. The molecule has 3 aromatic heterocycles. The Kier molecular flexibility index (Phi) is 2.21. The van der Waals surface area contributed by atoms with Crippen molar-refractivity contribution < 1.29 is 0 Å². The molecule has 96 valence electrons. The molecule has 0 saturated carbocycles. The van der Waals surface area contributed by atoms with Crippen molar-refractivity contribution in [2.75, 3.05) is 0 Å². The summed E-state index contributed by atoms with van der Waals surface area (Å²) >= 11 is 0. The Labute approximate surface area is 110 Å². The molecule has 4 rings (SSSR count). The Hall–Kier alpha value is -2.17. The van der Waals surface area contributed by atoms with Crippen LogP contribution in [0.15, 0.2) is 24.8 Å². The molecule has 0 spiro atoms. The second-order valence-corrected chi connectivity index (χ2v) is 5.21. The Bertz CT molecular complexity index is 739. The van der Waals surface area contributed by atoms with Gasteiger partial charge in [0, 0.05) is 24.0 Å². The lowest BCUT2D eigenvalue weighted by Crippen LogP contribution is -2.05. The molecule has 1 aliphatic carbocycles. The molecule has 0 aromatic carbocycles. The van der Waals surface area contributed by atoms with E-state index in [9.17, 15) is 0 Å². The first-order valence-corrected chi connectivity index (χ1v) is 6.69. The first kappa shape index (κ1) is 10.7. The predicted octanol–water partition coefficient (Wildman–Crippen LogP) is 2.56. The van der Waals surface area contributed by atoms with Crippen LogP contribution in [0.1, 0.15) is 37.1 Å².